The lowest BCUT2D eigenvalue weighted by molar-refractivity contribution is -0.170. The van der Waals surface area contributed by atoms with Crippen molar-refractivity contribution in [2.45, 2.75) is 83.9 Å². The van der Waals surface area contributed by atoms with Gasteiger partial charge in [0.25, 0.3) is 0 Å². The van der Waals surface area contributed by atoms with Gasteiger partial charge in [-0.05, 0) is 50.0 Å². The molecule has 0 aromatic heterocycles. The highest BCUT2D eigenvalue weighted by Crippen LogP contribution is 2.26. The fourth-order valence-corrected chi connectivity index (χ4v) is 4.25. The van der Waals surface area contributed by atoms with Crippen molar-refractivity contribution in [1.82, 2.24) is 10.4 Å². The second-order valence-electron chi connectivity index (χ2n) is 8.77. The van der Waals surface area contributed by atoms with E-state index in [2.05, 4.69) is 5.32 Å². The molecular formula is C24H36N2O5. The Labute approximate surface area is 185 Å². The number of amides is 2. The third-order valence-corrected chi connectivity index (χ3v) is 5.80. The SMILES string of the molecule is CCCC(C(CC(C)C)C(=O)NC(C(=O)OC1CCCC1)c1ccccc1)N(O)C=O. The van der Waals surface area contributed by atoms with E-state index in [1.807, 2.05) is 39.0 Å². The maximum atomic E-state index is 13.4. The van der Waals surface area contributed by atoms with E-state index in [-0.39, 0.29) is 17.9 Å². The first-order chi connectivity index (χ1) is 14.9. The van der Waals surface area contributed by atoms with Gasteiger partial charge >= 0.3 is 5.97 Å². The molecular weight excluding hydrogens is 396 g/mol. The van der Waals surface area contributed by atoms with Crippen molar-refractivity contribution < 1.29 is 24.3 Å². The van der Waals surface area contributed by atoms with Crippen LogP contribution in [0.1, 0.15) is 77.3 Å². The van der Waals surface area contributed by atoms with Gasteiger partial charge in [-0.2, -0.15) is 0 Å². The van der Waals surface area contributed by atoms with E-state index < -0.39 is 24.0 Å². The number of hydroxylamine groups is 2. The van der Waals surface area contributed by atoms with Gasteiger partial charge in [-0.15, -0.1) is 0 Å². The Hall–Kier alpha value is -2.41. The number of hydrogen-bond donors (Lipinski definition) is 2. The summed E-state index contributed by atoms with van der Waals surface area (Å²) in [7, 11) is 0. The molecule has 2 N–H and O–H groups in total. The van der Waals surface area contributed by atoms with Crippen molar-refractivity contribution in [3.63, 3.8) is 0 Å². The third-order valence-electron chi connectivity index (χ3n) is 5.80. The topological polar surface area (TPSA) is 95.9 Å². The molecule has 7 heteroatoms. The van der Waals surface area contributed by atoms with Gasteiger partial charge in [0.1, 0.15) is 6.10 Å². The zero-order valence-electron chi connectivity index (χ0n) is 18.8. The molecule has 0 spiro atoms. The number of hydrogen-bond acceptors (Lipinski definition) is 5. The Balaban J connectivity index is 2.26. The van der Waals surface area contributed by atoms with Crippen LogP contribution in [0.3, 0.4) is 0 Å². The van der Waals surface area contributed by atoms with Crippen LogP contribution in [0.4, 0.5) is 0 Å². The molecule has 0 aliphatic heterocycles. The van der Waals surface area contributed by atoms with Crippen molar-refractivity contribution in [2.75, 3.05) is 0 Å². The van der Waals surface area contributed by atoms with Crippen LogP contribution in [0.25, 0.3) is 0 Å². The first-order valence-electron chi connectivity index (χ1n) is 11.4. The Morgan fingerprint density at radius 3 is 2.42 bits per heavy atom. The first kappa shape index (κ1) is 24.9. The fourth-order valence-electron chi connectivity index (χ4n) is 4.25. The highest BCUT2D eigenvalue weighted by Gasteiger charge is 2.36. The van der Waals surface area contributed by atoms with E-state index in [4.69, 9.17) is 4.74 Å². The Morgan fingerprint density at radius 1 is 1.23 bits per heavy atom. The van der Waals surface area contributed by atoms with Gasteiger partial charge in [-0.25, -0.2) is 9.86 Å². The Kier molecular flexibility index (Phi) is 9.98. The molecule has 0 radical (unpaired) electrons. The summed E-state index contributed by atoms with van der Waals surface area (Å²) in [4.78, 5) is 37.6. The highest BCUT2D eigenvalue weighted by molar-refractivity contribution is 5.87. The molecule has 172 valence electrons. The lowest BCUT2D eigenvalue weighted by Crippen LogP contribution is -2.48. The van der Waals surface area contributed by atoms with Crippen LogP contribution in [0.2, 0.25) is 0 Å². The van der Waals surface area contributed by atoms with Crippen molar-refractivity contribution in [1.29, 1.82) is 0 Å². The average molecular weight is 433 g/mol. The molecule has 1 aliphatic carbocycles. The monoisotopic (exact) mass is 432 g/mol. The molecule has 0 bridgehead atoms. The van der Waals surface area contributed by atoms with Crippen LogP contribution in [0.15, 0.2) is 30.3 Å². The smallest absolute Gasteiger partial charge is 0.333 e. The van der Waals surface area contributed by atoms with Gasteiger partial charge in [0.15, 0.2) is 6.04 Å². The molecule has 0 heterocycles. The minimum Gasteiger partial charge on any atom is -0.461 e. The van der Waals surface area contributed by atoms with Crippen molar-refractivity contribution in [2.24, 2.45) is 11.8 Å². The molecule has 1 saturated carbocycles. The number of rotatable bonds is 12. The van der Waals surface area contributed by atoms with Crippen LogP contribution in [-0.4, -0.2) is 40.7 Å². The summed E-state index contributed by atoms with van der Waals surface area (Å²) in [5.41, 5.74) is 0.644. The maximum absolute atomic E-state index is 13.4. The van der Waals surface area contributed by atoms with Crippen LogP contribution in [-0.2, 0) is 19.1 Å². The van der Waals surface area contributed by atoms with Gasteiger partial charge in [0, 0.05) is 0 Å². The molecule has 1 aliphatic rings. The molecule has 3 atom stereocenters. The number of esters is 1. The van der Waals surface area contributed by atoms with Crippen molar-refractivity contribution in [3.8, 4) is 0 Å². The summed E-state index contributed by atoms with van der Waals surface area (Å²) >= 11 is 0. The summed E-state index contributed by atoms with van der Waals surface area (Å²) in [6.45, 7) is 5.89. The summed E-state index contributed by atoms with van der Waals surface area (Å²) < 4.78 is 5.70. The molecule has 31 heavy (non-hydrogen) atoms. The fraction of sp³-hybridized carbons (Fsp3) is 0.625. The summed E-state index contributed by atoms with van der Waals surface area (Å²) in [6, 6.07) is 7.44. The zero-order chi connectivity index (χ0) is 22.8. The predicted octanol–water partition coefficient (Wildman–Crippen LogP) is 4.01. The number of benzene rings is 1. The number of nitrogens with zero attached hydrogens (tertiary/aromatic N) is 1. The number of carbonyl (C=O) groups excluding carboxylic acids is 3. The summed E-state index contributed by atoms with van der Waals surface area (Å²) in [5, 5.41) is 13.6. The second kappa shape index (κ2) is 12.4. The highest BCUT2D eigenvalue weighted by atomic mass is 16.5. The number of ether oxygens (including phenoxy) is 1. The first-order valence-corrected chi connectivity index (χ1v) is 11.4. The van der Waals surface area contributed by atoms with Gasteiger partial charge in [0.05, 0.1) is 12.0 Å². The quantitative estimate of drug-likeness (QED) is 0.225. The van der Waals surface area contributed by atoms with E-state index in [1.165, 1.54) is 0 Å². The van der Waals surface area contributed by atoms with Crippen molar-refractivity contribution >= 4 is 18.3 Å². The van der Waals surface area contributed by atoms with Crippen LogP contribution < -0.4 is 5.32 Å². The molecule has 2 rings (SSSR count). The van der Waals surface area contributed by atoms with E-state index in [0.717, 1.165) is 25.7 Å². The molecule has 1 aromatic rings. The molecule has 1 fully saturated rings. The molecule has 3 unspecified atom stereocenters. The molecule has 7 nitrogen and oxygen atoms in total. The largest absolute Gasteiger partial charge is 0.461 e. The van der Waals surface area contributed by atoms with Crippen molar-refractivity contribution in [3.05, 3.63) is 35.9 Å². The van der Waals surface area contributed by atoms with E-state index in [1.54, 1.807) is 12.1 Å². The number of carbonyl (C=O) groups is 3. The van der Waals surface area contributed by atoms with Gasteiger partial charge in [0.2, 0.25) is 12.3 Å². The van der Waals surface area contributed by atoms with E-state index in [0.29, 0.717) is 36.3 Å². The second-order valence-corrected chi connectivity index (χ2v) is 8.77. The lowest BCUT2D eigenvalue weighted by Gasteiger charge is -2.32. The minimum absolute atomic E-state index is 0.113. The Morgan fingerprint density at radius 2 is 1.87 bits per heavy atom. The average Bonchev–Trinajstić information content (AvgIpc) is 3.27. The summed E-state index contributed by atoms with van der Waals surface area (Å²) in [6.07, 6.45) is 5.62. The van der Waals surface area contributed by atoms with Gasteiger partial charge < -0.3 is 10.1 Å². The third kappa shape index (κ3) is 7.35. The van der Waals surface area contributed by atoms with E-state index >= 15 is 0 Å². The lowest BCUT2D eigenvalue weighted by atomic mass is 9.86. The maximum Gasteiger partial charge on any atom is 0.333 e. The zero-order valence-corrected chi connectivity index (χ0v) is 18.8. The summed E-state index contributed by atoms with van der Waals surface area (Å²) in [5.74, 6) is -1.33. The standard InChI is InChI=1S/C24H36N2O5/c1-4-10-21(26(30)16-27)20(15-17(2)3)23(28)25-22(18-11-6-5-7-12-18)24(29)31-19-13-8-9-14-19/h5-7,11-12,16-17,19-22,30H,4,8-10,13-15H2,1-3H3,(H,25,28). The predicted molar refractivity (Wildman–Crippen MR) is 117 cm³/mol. The van der Waals surface area contributed by atoms with Gasteiger partial charge in [-0.1, -0.05) is 57.5 Å². The minimum atomic E-state index is -0.936. The van der Waals surface area contributed by atoms with Gasteiger partial charge in [-0.3, -0.25) is 14.8 Å². The number of nitrogens with one attached hydrogen (secondary N) is 1. The van der Waals surface area contributed by atoms with Crippen LogP contribution in [0.5, 0.6) is 0 Å². The van der Waals surface area contributed by atoms with E-state index in [9.17, 15) is 19.6 Å². The molecule has 1 aromatic carbocycles. The Bertz CT molecular complexity index is 703. The normalized spacial score (nSPS) is 17.1. The molecule has 0 saturated heterocycles. The molecule has 2 amide bonds. The van der Waals surface area contributed by atoms with Crippen LogP contribution >= 0.6 is 0 Å². The van der Waals surface area contributed by atoms with Crippen LogP contribution in [0, 0.1) is 11.8 Å².